The Morgan fingerprint density at radius 1 is 1.29 bits per heavy atom. The fourth-order valence-electron chi connectivity index (χ4n) is 2.96. The number of hydrogen-bond donors (Lipinski definition) is 2. The third-order valence-corrected chi connectivity index (χ3v) is 4.71. The molecule has 1 fully saturated rings. The minimum Gasteiger partial charge on any atom is -0.481 e. The number of amides is 2. The van der Waals surface area contributed by atoms with Gasteiger partial charge in [-0.3, -0.25) is 4.79 Å². The molecule has 122 valence electrons. The zero-order valence-electron chi connectivity index (χ0n) is 13.6. The molecule has 1 atom stereocenters. The van der Waals surface area contributed by atoms with Crippen LogP contribution in [0.1, 0.15) is 58.8 Å². The van der Waals surface area contributed by atoms with Crippen LogP contribution in [-0.2, 0) is 4.79 Å². The number of urea groups is 1. The van der Waals surface area contributed by atoms with Crippen LogP contribution in [-0.4, -0.2) is 41.6 Å². The van der Waals surface area contributed by atoms with Crippen LogP contribution in [0.5, 0.6) is 0 Å². The molecule has 1 rings (SSSR count). The van der Waals surface area contributed by atoms with Gasteiger partial charge in [-0.25, -0.2) is 4.79 Å². The summed E-state index contributed by atoms with van der Waals surface area (Å²) in [6.45, 7) is 4.75. The van der Waals surface area contributed by atoms with Crippen LogP contribution in [0.2, 0.25) is 0 Å². The van der Waals surface area contributed by atoms with Crippen molar-refractivity contribution in [2.75, 3.05) is 13.6 Å². The molecule has 0 saturated heterocycles. The largest absolute Gasteiger partial charge is 0.481 e. The first-order chi connectivity index (χ1) is 9.93. The second-order valence-corrected chi connectivity index (χ2v) is 6.42. The van der Waals surface area contributed by atoms with Gasteiger partial charge < -0.3 is 15.3 Å². The molecule has 0 aromatic carbocycles. The predicted octanol–water partition coefficient (Wildman–Crippen LogP) is 3.10. The first-order valence-corrected chi connectivity index (χ1v) is 8.16. The number of rotatable bonds is 7. The Labute approximate surface area is 128 Å². The molecule has 0 radical (unpaired) electrons. The van der Waals surface area contributed by atoms with Crippen LogP contribution in [0.4, 0.5) is 4.79 Å². The lowest BCUT2D eigenvalue weighted by atomic mass is 9.84. The summed E-state index contributed by atoms with van der Waals surface area (Å²) >= 11 is 0. The number of hydrogen-bond acceptors (Lipinski definition) is 2. The zero-order valence-corrected chi connectivity index (χ0v) is 13.6. The Kier molecular flexibility index (Phi) is 7.54. The minimum absolute atomic E-state index is 0.0304. The standard InChI is InChI=1S/C16H30N2O3/c1-4-13-6-8-14(9-7-13)18(3)16(21)17-11-12(2)5-10-15(19)20/h12-14H,4-11H2,1-3H3,(H,17,21)(H,19,20). The highest BCUT2D eigenvalue weighted by Gasteiger charge is 2.25. The average molecular weight is 298 g/mol. The zero-order chi connectivity index (χ0) is 15.8. The lowest BCUT2D eigenvalue weighted by Crippen LogP contribution is -2.46. The van der Waals surface area contributed by atoms with Crippen molar-refractivity contribution in [3.8, 4) is 0 Å². The summed E-state index contributed by atoms with van der Waals surface area (Å²) in [5.74, 6) is 0.237. The summed E-state index contributed by atoms with van der Waals surface area (Å²) < 4.78 is 0. The van der Waals surface area contributed by atoms with E-state index in [1.54, 1.807) is 0 Å². The van der Waals surface area contributed by atoms with Crippen molar-refractivity contribution < 1.29 is 14.7 Å². The lowest BCUT2D eigenvalue weighted by Gasteiger charge is -2.34. The van der Waals surface area contributed by atoms with Gasteiger partial charge in [0.1, 0.15) is 0 Å². The Balaban J connectivity index is 2.26. The number of nitrogens with zero attached hydrogens (tertiary/aromatic N) is 1. The molecule has 5 heteroatoms. The monoisotopic (exact) mass is 298 g/mol. The highest BCUT2D eigenvalue weighted by Crippen LogP contribution is 2.28. The van der Waals surface area contributed by atoms with Crippen molar-refractivity contribution in [2.45, 2.75) is 64.8 Å². The van der Waals surface area contributed by atoms with Gasteiger partial charge in [-0.05, 0) is 43.9 Å². The Morgan fingerprint density at radius 2 is 1.90 bits per heavy atom. The molecule has 2 amide bonds. The maximum atomic E-state index is 12.1. The first-order valence-electron chi connectivity index (χ1n) is 8.16. The van der Waals surface area contributed by atoms with Crippen molar-refractivity contribution >= 4 is 12.0 Å². The van der Waals surface area contributed by atoms with E-state index in [1.165, 1.54) is 19.3 Å². The van der Waals surface area contributed by atoms with Crippen molar-refractivity contribution in [1.82, 2.24) is 10.2 Å². The average Bonchev–Trinajstić information content (AvgIpc) is 2.49. The van der Waals surface area contributed by atoms with Crippen molar-refractivity contribution in [3.05, 3.63) is 0 Å². The van der Waals surface area contributed by atoms with Crippen LogP contribution >= 0.6 is 0 Å². The third-order valence-electron chi connectivity index (χ3n) is 4.71. The lowest BCUT2D eigenvalue weighted by molar-refractivity contribution is -0.137. The van der Waals surface area contributed by atoms with E-state index < -0.39 is 5.97 Å². The Morgan fingerprint density at radius 3 is 2.43 bits per heavy atom. The van der Waals surface area contributed by atoms with Crippen molar-refractivity contribution in [1.29, 1.82) is 0 Å². The summed E-state index contributed by atoms with van der Waals surface area (Å²) in [5.41, 5.74) is 0. The van der Waals surface area contributed by atoms with E-state index in [2.05, 4.69) is 12.2 Å². The van der Waals surface area contributed by atoms with E-state index in [0.717, 1.165) is 18.8 Å². The molecule has 0 heterocycles. The van der Waals surface area contributed by atoms with Crippen LogP contribution in [0.25, 0.3) is 0 Å². The molecule has 21 heavy (non-hydrogen) atoms. The molecule has 2 N–H and O–H groups in total. The number of carboxylic acids is 1. The molecule has 0 spiro atoms. The maximum absolute atomic E-state index is 12.1. The normalized spacial score (nSPS) is 23.4. The molecular weight excluding hydrogens is 268 g/mol. The van der Waals surface area contributed by atoms with Gasteiger partial charge in [0.05, 0.1) is 0 Å². The smallest absolute Gasteiger partial charge is 0.317 e. The summed E-state index contributed by atoms with van der Waals surface area (Å²) in [7, 11) is 1.87. The summed E-state index contributed by atoms with van der Waals surface area (Å²) in [6.07, 6.45) is 6.62. The molecule has 1 aliphatic carbocycles. The molecule has 5 nitrogen and oxygen atoms in total. The Hall–Kier alpha value is -1.26. The van der Waals surface area contributed by atoms with Gasteiger partial charge in [0, 0.05) is 26.1 Å². The van der Waals surface area contributed by atoms with Crippen LogP contribution in [0, 0.1) is 11.8 Å². The predicted molar refractivity (Wildman–Crippen MR) is 83.2 cm³/mol. The molecule has 1 aliphatic rings. The van der Waals surface area contributed by atoms with Gasteiger partial charge in [0.2, 0.25) is 0 Å². The highest BCUT2D eigenvalue weighted by molar-refractivity contribution is 5.74. The summed E-state index contributed by atoms with van der Waals surface area (Å²) in [4.78, 5) is 24.5. The number of carboxylic acid groups (broad SMARTS) is 1. The van der Waals surface area contributed by atoms with Crippen LogP contribution in [0.15, 0.2) is 0 Å². The summed E-state index contributed by atoms with van der Waals surface area (Å²) in [6, 6.07) is 0.319. The molecule has 0 aromatic rings. The number of aliphatic carboxylic acids is 1. The second-order valence-electron chi connectivity index (χ2n) is 6.42. The van der Waals surface area contributed by atoms with E-state index in [1.807, 2.05) is 18.9 Å². The fraction of sp³-hybridized carbons (Fsp3) is 0.875. The van der Waals surface area contributed by atoms with Gasteiger partial charge in [0.25, 0.3) is 0 Å². The van der Waals surface area contributed by atoms with Gasteiger partial charge in [-0.1, -0.05) is 20.3 Å². The Bertz CT molecular complexity index is 338. The molecule has 0 bridgehead atoms. The molecule has 0 aromatic heterocycles. The van der Waals surface area contributed by atoms with E-state index in [0.29, 0.717) is 19.0 Å². The van der Waals surface area contributed by atoms with Crippen LogP contribution < -0.4 is 5.32 Å². The SMILES string of the molecule is CCC1CCC(N(C)C(=O)NCC(C)CCC(=O)O)CC1. The first kappa shape index (κ1) is 17.8. The van der Waals surface area contributed by atoms with Crippen molar-refractivity contribution in [3.63, 3.8) is 0 Å². The molecular formula is C16H30N2O3. The van der Waals surface area contributed by atoms with Gasteiger partial charge in [-0.15, -0.1) is 0 Å². The number of nitrogens with one attached hydrogen (secondary N) is 1. The van der Waals surface area contributed by atoms with Gasteiger partial charge >= 0.3 is 12.0 Å². The summed E-state index contributed by atoms with van der Waals surface area (Å²) in [5, 5.41) is 11.6. The third kappa shape index (κ3) is 6.36. The molecule has 1 unspecified atom stereocenters. The number of carbonyl (C=O) groups is 2. The maximum Gasteiger partial charge on any atom is 0.317 e. The van der Waals surface area contributed by atoms with Gasteiger partial charge in [0.15, 0.2) is 0 Å². The van der Waals surface area contributed by atoms with Crippen LogP contribution in [0.3, 0.4) is 0 Å². The quantitative estimate of drug-likeness (QED) is 0.759. The highest BCUT2D eigenvalue weighted by atomic mass is 16.4. The van der Waals surface area contributed by atoms with Gasteiger partial charge in [-0.2, -0.15) is 0 Å². The number of carbonyl (C=O) groups excluding carboxylic acids is 1. The van der Waals surface area contributed by atoms with Crippen molar-refractivity contribution in [2.24, 2.45) is 11.8 Å². The molecule has 1 saturated carbocycles. The second kappa shape index (κ2) is 8.90. The van der Waals surface area contributed by atoms with E-state index in [9.17, 15) is 9.59 Å². The minimum atomic E-state index is -0.780. The fourth-order valence-corrected chi connectivity index (χ4v) is 2.96. The topological polar surface area (TPSA) is 69.6 Å². The van der Waals surface area contributed by atoms with E-state index >= 15 is 0 Å². The van der Waals surface area contributed by atoms with E-state index in [-0.39, 0.29) is 18.4 Å². The van der Waals surface area contributed by atoms with E-state index in [4.69, 9.17) is 5.11 Å². The molecule has 0 aliphatic heterocycles.